The van der Waals surface area contributed by atoms with Crippen molar-refractivity contribution in [3.8, 4) is 0 Å². The minimum atomic E-state index is -3.52. The Morgan fingerprint density at radius 2 is 1.74 bits per heavy atom. The zero-order valence-electron chi connectivity index (χ0n) is 17.4. The first-order chi connectivity index (χ1) is 14.9. The lowest BCUT2D eigenvalue weighted by atomic mass is 9.97. The molecule has 1 saturated heterocycles. The van der Waals surface area contributed by atoms with Crippen LogP contribution in [-0.4, -0.2) is 41.5 Å². The van der Waals surface area contributed by atoms with Gasteiger partial charge in [-0.2, -0.15) is 9.40 Å². The third-order valence-electron chi connectivity index (χ3n) is 5.57. The van der Waals surface area contributed by atoms with Gasteiger partial charge in [-0.1, -0.05) is 48.0 Å². The average molecular weight is 439 g/mol. The van der Waals surface area contributed by atoms with Crippen LogP contribution in [-0.2, 0) is 21.4 Å². The topological polar surface area (TPSA) is 84.3 Å². The maximum absolute atomic E-state index is 12.8. The number of carbonyl (C=O) groups is 1. The first-order valence-corrected chi connectivity index (χ1v) is 11.8. The van der Waals surface area contributed by atoms with E-state index in [4.69, 9.17) is 0 Å². The fourth-order valence-corrected chi connectivity index (χ4v) is 5.22. The van der Waals surface area contributed by atoms with Crippen molar-refractivity contribution < 1.29 is 13.2 Å². The summed E-state index contributed by atoms with van der Waals surface area (Å²) < 4.78 is 28.9. The van der Waals surface area contributed by atoms with Crippen LogP contribution >= 0.6 is 0 Å². The summed E-state index contributed by atoms with van der Waals surface area (Å²) in [5, 5.41) is 7.23. The van der Waals surface area contributed by atoms with Crippen LogP contribution in [0.5, 0.6) is 0 Å². The monoisotopic (exact) mass is 438 g/mol. The van der Waals surface area contributed by atoms with E-state index >= 15 is 0 Å². The number of anilines is 1. The number of amides is 1. The molecule has 0 aliphatic carbocycles. The van der Waals surface area contributed by atoms with Crippen molar-refractivity contribution in [2.24, 2.45) is 5.92 Å². The highest BCUT2D eigenvalue weighted by Crippen LogP contribution is 2.25. The molecule has 1 amide bonds. The summed E-state index contributed by atoms with van der Waals surface area (Å²) in [7, 11) is -3.52. The van der Waals surface area contributed by atoms with E-state index in [1.807, 2.05) is 43.5 Å². The van der Waals surface area contributed by atoms with Crippen molar-refractivity contribution in [2.75, 3.05) is 18.4 Å². The number of carbonyl (C=O) groups excluding carboxylic acids is 1. The highest BCUT2D eigenvalue weighted by Gasteiger charge is 2.32. The molecule has 1 aliphatic rings. The lowest BCUT2D eigenvalue weighted by Crippen LogP contribution is -2.41. The van der Waals surface area contributed by atoms with Gasteiger partial charge >= 0.3 is 0 Å². The fraction of sp³-hybridized carbons (Fsp3) is 0.304. The number of aryl methyl sites for hydroxylation is 1. The smallest absolute Gasteiger partial charge is 0.243 e. The van der Waals surface area contributed by atoms with Gasteiger partial charge < -0.3 is 5.32 Å². The van der Waals surface area contributed by atoms with Crippen molar-refractivity contribution in [1.82, 2.24) is 14.1 Å². The highest BCUT2D eigenvalue weighted by atomic mass is 32.2. The van der Waals surface area contributed by atoms with Crippen LogP contribution < -0.4 is 5.32 Å². The maximum Gasteiger partial charge on any atom is 0.243 e. The first-order valence-electron chi connectivity index (χ1n) is 10.4. The van der Waals surface area contributed by atoms with E-state index in [0.29, 0.717) is 43.1 Å². The summed E-state index contributed by atoms with van der Waals surface area (Å²) in [6, 6.07) is 16.8. The summed E-state index contributed by atoms with van der Waals surface area (Å²) in [4.78, 5) is 13.0. The van der Waals surface area contributed by atoms with E-state index in [9.17, 15) is 13.2 Å². The van der Waals surface area contributed by atoms with Crippen molar-refractivity contribution in [1.29, 1.82) is 0 Å². The van der Waals surface area contributed by atoms with Crippen LogP contribution in [0.15, 0.2) is 71.9 Å². The molecule has 8 heteroatoms. The van der Waals surface area contributed by atoms with Gasteiger partial charge in [0.2, 0.25) is 15.9 Å². The molecular formula is C23H26N4O3S. The van der Waals surface area contributed by atoms with Crippen molar-refractivity contribution in [2.45, 2.75) is 31.2 Å². The molecule has 1 N–H and O–H groups in total. The second kappa shape index (κ2) is 9.03. The summed E-state index contributed by atoms with van der Waals surface area (Å²) in [5.74, 6) is -0.311. The lowest BCUT2D eigenvalue weighted by Gasteiger charge is -2.30. The van der Waals surface area contributed by atoms with Gasteiger partial charge in [-0.15, -0.1) is 0 Å². The Hall–Kier alpha value is -2.97. The number of hydrogen-bond donors (Lipinski definition) is 1. The fourth-order valence-electron chi connectivity index (χ4n) is 3.75. The molecule has 7 nitrogen and oxygen atoms in total. The molecule has 2 heterocycles. The molecule has 2 aromatic carbocycles. The Kier molecular flexibility index (Phi) is 6.20. The van der Waals surface area contributed by atoms with E-state index in [1.165, 1.54) is 4.31 Å². The van der Waals surface area contributed by atoms with Crippen molar-refractivity contribution in [3.63, 3.8) is 0 Å². The zero-order chi connectivity index (χ0) is 21.8. The van der Waals surface area contributed by atoms with E-state index in [2.05, 4.69) is 10.4 Å². The van der Waals surface area contributed by atoms with Gasteiger partial charge in [0, 0.05) is 25.2 Å². The second-order valence-corrected chi connectivity index (χ2v) is 9.83. The van der Waals surface area contributed by atoms with Gasteiger partial charge in [0.25, 0.3) is 0 Å². The van der Waals surface area contributed by atoms with Crippen LogP contribution in [0.3, 0.4) is 0 Å². The SMILES string of the molecule is Cc1ccc(S(=O)(=O)N2CCC(C(=O)Nc3cnn(Cc4ccccc4)c3)CC2)cc1. The van der Waals surface area contributed by atoms with E-state index < -0.39 is 10.0 Å². The molecule has 1 fully saturated rings. The molecule has 1 aliphatic heterocycles. The van der Waals surface area contributed by atoms with Crippen LogP contribution in [0, 0.1) is 12.8 Å². The standard InChI is InChI=1S/C23H26N4O3S/c1-18-7-9-22(10-8-18)31(29,30)27-13-11-20(12-14-27)23(28)25-21-15-24-26(17-21)16-19-5-3-2-4-6-19/h2-10,15,17,20H,11-14,16H2,1H3,(H,25,28). The number of aromatic nitrogens is 2. The molecule has 0 saturated carbocycles. The molecule has 3 aromatic rings. The molecule has 0 bridgehead atoms. The Balaban J connectivity index is 1.32. The van der Waals surface area contributed by atoms with Gasteiger partial charge in [0.15, 0.2) is 0 Å². The van der Waals surface area contributed by atoms with E-state index in [-0.39, 0.29) is 11.8 Å². The minimum absolute atomic E-state index is 0.0911. The van der Waals surface area contributed by atoms with Gasteiger partial charge in [-0.05, 0) is 37.5 Å². The first kappa shape index (κ1) is 21.3. The van der Waals surface area contributed by atoms with Gasteiger partial charge in [-0.25, -0.2) is 8.42 Å². The number of piperidine rings is 1. The quantitative estimate of drug-likeness (QED) is 0.640. The van der Waals surface area contributed by atoms with Crippen LogP contribution in [0.1, 0.15) is 24.0 Å². The molecule has 162 valence electrons. The van der Waals surface area contributed by atoms with Gasteiger partial charge in [0.05, 0.1) is 23.3 Å². The zero-order valence-corrected chi connectivity index (χ0v) is 18.3. The number of nitrogens with zero attached hydrogens (tertiary/aromatic N) is 3. The Morgan fingerprint density at radius 1 is 1.06 bits per heavy atom. The summed E-state index contributed by atoms with van der Waals surface area (Å²) in [6.07, 6.45) is 4.43. The number of benzene rings is 2. The van der Waals surface area contributed by atoms with Crippen LogP contribution in [0.4, 0.5) is 5.69 Å². The third-order valence-corrected chi connectivity index (χ3v) is 7.48. The number of hydrogen-bond acceptors (Lipinski definition) is 4. The Labute approximate surface area is 182 Å². The summed E-state index contributed by atoms with van der Waals surface area (Å²) >= 11 is 0. The normalized spacial score (nSPS) is 15.6. The Morgan fingerprint density at radius 3 is 2.42 bits per heavy atom. The van der Waals surface area contributed by atoms with Crippen molar-refractivity contribution in [3.05, 3.63) is 78.1 Å². The highest BCUT2D eigenvalue weighted by molar-refractivity contribution is 7.89. The molecule has 0 atom stereocenters. The third kappa shape index (κ3) is 5.03. The second-order valence-electron chi connectivity index (χ2n) is 7.89. The molecule has 0 spiro atoms. The minimum Gasteiger partial charge on any atom is -0.323 e. The Bertz CT molecular complexity index is 1130. The van der Waals surface area contributed by atoms with E-state index in [0.717, 1.165) is 11.1 Å². The molecule has 1 aromatic heterocycles. The average Bonchev–Trinajstić information content (AvgIpc) is 3.21. The maximum atomic E-state index is 12.8. The summed E-state index contributed by atoms with van der Waals surface area (Å²) in [5.41, 5.74) is 2.79. The molecule has 0 radical (unpaired) electrons. The lowest BCUT2D eigenvalue weighted by molar-refractivity contribution is -0.120. The predicted molar refractivity (Wildman–Crippen MR) is 119 cm³/mol. The molecular weight excluding hydrogens is 412 g/mol. The molecule has 4 rings (SSSR count). The largest absolute Gasteiger partial charge is 0.323 e. The number of sulfonamides is 1. The van der Waals surface area contributed by atoms with Crippen LogP contribution in [0.2, 0.25) is 0 Å². The van der Waals surface area contributed by atoms with Crippen LogP contribution in [0.25, 0.3) is 0 Å². The molecule has 0 unspecified atom stereocenters. The summed E-state index contributed by atoms with van der Waals surface area (Å²) in [6.45, 7) is 3.22. The number of nitrogens with one attached hydrogen (secondary N) is 1. The van der Waals surface area contributed by atoms with E-state index in [1.54, 1.807) is 35.1 Å². The number of rotatable bonds is 6. The molecule has 31 heavy (non-hydrogen) atoms. The van der Waals surface area contributed by atoms with Gasteiger partial charge in [-0.3, -0.25) is 9.48 Å². The van der Waals surface area contributed by atoms with Gasteiger partial charge in [0.1, 0.15) is 0 Å². The predicted octanol–water partition coefficient (Wildman–Crippen LogP) is 3.28. The van der Waals surface area contributed by atoms with Crippen molar-refractivity contribution >= 4 is 21.6 Å².